The Balaban J connectivity index is 1.80. The van der Waals surface area contributed by atoms with E-state index in [2.05, 4.69) is 10.3 Å². The molecule has 0 spiro atoms. The van der Waals surface area contributed by atoms with Gasteiger partial charge in [-0.2, -0.15) is 0 Å². The van der Waals surface area contributed by atoms with Gasteiger partial charge in [-0.25, -0.2) is 9.78 Å². The van der Waals surface area contributed by atoms with E-state index in [4.69, 9.17) is 9.84 Å². The van der Waals surface area contributed by atoms with Crippen LogP contribution in [0.2, 0.25) is 0 Å². The maximum Gasteiger partial charge on any atom is 0.332 e. The van der Waals surface area contributed by atoms with Crippen molar-refractivity contribution in [1.29, 1.82) is 0 Å². The van der Waals surface area contributed by atoms with Crippen LogP contribution in [0.5, 0.6) is 0 Å². The molecule has 0 radical (unpaired) electrons. The minimum absolute atomic E-state index is 0.267. The first-order chi connectivity index (χ1) is 9.10. The van der Waals surface area contributed by atoms with Crippen LogP contribution in [0.3, 0.4) is 0 Å². The number of hydrogen-bond donors (Lipinski definition) is 2. The van der Waals surface area contributed by atoms with Gasteiger partial charge < -0.3 is 15.2 Å². The van der Waals surface area contributed by atoms with Gasteiger partial charge in [0.2, 0.25) is 5.91 Å². The average molecular weight is 284 g/mol. The molecule has 1 aromatic rings. The molecule has 0 aliphatic carbocycles. The highest BCUT2D eigenvalue weighted by Crippen LogP contribution is 2.20. The van der Waals surface area contributed by atoms with Crippen LogP contribution in [-0.2, 0) is 27.3 Å². The van der Waals surface area contributed by atoms with Crippen LogP contribution in [0.1, 0.15) is 29.7 Å². The van der Waals surface area contributed by atoms with E-state index in [1.807, 2.05) is 6.92 Å². The van der Waals surface area contributed by atoms with E-state index in [-0.39, 0.29) is 5.91 Å². The number of carboxylic acids is 1. The van der Waals surface area contributed by atoms with Crippen molar-refractivity contribution >= 4 is 23.2 Å². The maximum absolute atomic E-state index is 11.8. The number of amides is 1. The molecule has 1 aliphatic rings. The molecule has 0 aromatic carbocycles. The first-order valence-corrected chi connectivity index (χ1v) is 7.01. The van der Waals surface area contributed by atoms with Gasteiger partial charge in [0.15, 0.2) is 6.10 Å². The Kier molecular flexibility index (Phi) is 4.49. The summed E-state index contributed by atoms with van der Waals surface area (Å²) in [6, 6.07) is 0. The second-order valence-corrected chi connectivity index (χ2v) is 5.52. The number of hydrogen-bond acceptors (Lipinski definition) is 5. The number of carboxylic acid groups (broad SMARTS) is 1. The molecule has 6 nitrogen and oxygen atoms in total. The fraction of sp³-hybridized carbons (Fsp3) is 0.583. The van der Waals surface area contributed by atoms with Crippen LogP contribution in [0.25, 0.3) is 0 Å². The zero-order chi connectivity index (χ0) is 13.8. The largest absolute Gasteiger partial charge is 0.479 e. The highest BCUT2D eigenvalue weighted by Gasteiger charge is 2.34. The smallest absolute Gasteiger partial charge is 0.332 e. The summed E-state index contributed by atoms with van der Waals surface area (Å²) in [5, 5.41) is 12.4. The Morgan fingerprint density at radius 2 is 2.26 bits per heavy atom. The van der Waals surface area contributed by atoms with E-state index >= 15 is 0 Å². The monoisotopic (exact) mass is 284 g/mol. The number of nitrogens with zero attached hydrogens (tertiary/aromatic N) is 1. The summed E-state index contributed by atoms with van der Waals surface area (Å²) >= 11 is 1.56. The van der Waals surface area contributed by atoms with Gasteiger partial charge in [-0.3, -0.25) is 4.79 Å². The Bertz CT molecular complexity index is 474. The van der Waals surface area contributed by atoms with E-state index in [1.54, 1.807) is 17.5 Å². The van der Waals surface area contributed by atoms with Gasteiger partial charge in [0.05, 0.1) is 6.54 Å². The minimum atomic E-state index is -1.01. The molecule has 0 saturated carbocycles. The number of aromatic nitrogens is 1. The molecule has 2 rings (SSSR count). The van der Waals surface area contributed by atoms with Crippen LogP contribution >= 0.6 is 11.3 Å². The molecular formula is C12H16N2O4S. The Hall–Kier alpha value is -1.47. The molecule has 1 aliphatic heterocycles. The summed E-state index contributed by atoms with van der Waals surface area (Å²) in [7, 11) is 0. The van der Waals surface area contributed by atoms with Crippen molar-refractivity contribution < 1.29 is 19.4 Å². The van der Waals surface area contributed by atoms with Gasteiger partial charge in [0.1, 0.15) is 11.1 Å². The zero-order valence-corrected chi connectivity index (χ0v) is 11.4. The lowest BCUT2D eigenvalue weighted by atomic mass is 10.2. The van der Waals surface area contributed by atoms with Gasteiger partial charge in [-0.05, 0) is 19.3 Å². The quantitative estimate of drug-likeness (QED) is 0.840. The SMILES string of the molecule is CCc1cnc(CNC(=O)C2CCC(C(=O)O)O2)s1. The summed E-state index contributed by atoms with van der Waals surface area (Å²) in [6.07, 6.45) is 2.04. The Labute approximate surface area is 114 Å². The first-order valence-electron chi connectivity index (χ1n) is 6.19. The Morgan fingerprint density at radius 3 is 2.84 bits per heavy atom. The van der Waals surface area contributed by atoms with Gasteiger partial charge in [-0.15, -0.1) is 11.3 Å². The number of aryl methyl sites for hydroxylation is 1. The maximum atomic E-state index is 11.8. The van der Waals surface area contributed by atoms with E-state index < -0.39 is 18.2 Å². The predicted octanol–water partition coefficient (Wildman–Crippen LogP) is 0.954. The summed E-state index contributed by atoms with van der Waals surface area (Å²) in [6.45, 7) is 2.41. The Morgan fingerprint density at radius 1 is 1.53 bits per heavy atom. The molecule has 1 amide bonds. The van der Waals surface area contributed by atoms with Crippen molar-refractivity contribution in [2.24, 2.45) is 0 Å². The predicted molar refractivity (Wildman–Crippen MR) is 68.9 cm³/mol. The lowest BCUT2D eigenvalue weighted by molar-refractivity contribution is -0.151. The number of carbonyl (C=O) groups excluding carboxylic acids is 1. The summed E-state index contributed by atoms with van der Waals surface area (Å²) < 4.78 is 5.17. The third-order valence-electron chi connectivity index (χ3n) is 2.95. The van der Waals surface area contributed by atoms with Gasteiger partial charge >= 0.3 is 5.97 Å². The highest BCUT2D eigenvalue weighted by atomic mass is 32.1. The fourth-order valence-corrected chi connectivity index (χ4v) is 2.68. The van der Waals surface area contributed by atoms with Gasteiger partial charge in [0.25, 0.3) is 0 Å². The highest BCUT2D eigenvalue weighted by molar-refractivity contribution is 7.11. The average Bonchev–Trinajstić information content (AvgIpc) is 3.04. The molecule has 19 heavy (non-hydrogen) atoms. The number of ether oxygens (including phenoxy) is 1. The minimum Gasteiger partial charge on any atom is -0.479 e. The van der Waals surface area contributed by atoms with E-state index in [0.717, 1.165) is 11.4 Å². The second-order valence-electron chi connectivity index (χ2n) is 4.32. The van der Waals surface area contributed by atoms with Crippen LogP contribution < -0.4 is 5.32 Å². The third kappa shape index (κ3) is 3.51. The topological polar surface area (TPSA) is 88.5 Å². The number of thiazole rings is 1. The fourth-order valence-electron chi connectivity index (χ4n) is 1.88. The molecular weight excluding hydrogens is 268 g/mol. The van der Waals surface area contributed by atoms with Crippen molar-refractivity contribution in [3.8, 4) is 0 Å². The van der Waals surface area contributed by atoms with Crippen molar-refractivity contribution in [3.05, 3.63) is 16.1 Å². The molecule has 2 unspecified atom stereocenters. The van der Waals surface area contributed by atoms with E-state index in [9.17, 15) is 9.59 Å². The normalized spacial score (nSPS) is 22.4. The van der Waals surface area contributed by atoms with Crippen LogP contribution in [0.4, 0.5) is 0 Å². The summed E-state index contributed by atoms with van der Waals surface area (Å²) in [4.78, 5) is 27.9. The molecule has 1 fully saturated rings. The molecule has 2 heterocycles. The summed E-state index contributed by atoms with van der Waals surface area (Å²) in [5.41, 5.74) is 0. The van der Waals surface area contributed by atoms with Gasteiger partial charge in [-0.1, -0.05) is 6.92 Å². The summed E-state index contributed by atoms with van der Waals surface area (Å²) in [5.74, 6) is -1.28. The van der Waals surface area contributed by atoms with Crippen LogP contribution in [0.15, 0.2) is 6.20 Å². The molecule has 104 valence electrons. The molecule has 2 N–H and O–H groups in total. The number of rotatable bonds is 5. The van der Waals surface area contributed by atoms with Crippen molar-refractivity contribution in [2.75, 3.05) is 0 Å². The lowest BCUT2D eigenvalue weighted by Crippen LogP contribution is -2.35. The molecule has 7 heteroatoms. The van der Waals surface area contributed by atoms with Crippen LogP contribution in [0, 0.1) is 0 Å². The standard InChI is InChI=1S/C12H16N2O4S/c1-2-7-5-13-10(19-7)6-14-11(15)8-3-4-9(18-8)12(16)17/h5,8-9H,2-4,6H2,1H3,(H,14,15)(H,16,17). The van der Waals surface area contributed by atoms with Crippen molar-refractivity contribution in [3.63, 3.8) is 0 Å². The molecule has 2 atom stereocenters. The zero-order valence-electron chi connectivity index (χ0n) is 10.6. The van der Waals surface area contributed by atoms with Crippen LogP contribution in [-0.4, -0.2) is 34.2 Å². The van der Waals surface area contributed by atoms with E-state index in [0.29, 0.717) is 19.4 Å². The number of aliphatic carboxylic acids is 1. The van der Waals surface area contributed by atoms with Crippen molar-refractivity contribution in [1.82, 2.24) is 10.3 Å². The third-order valence-corrected chi connectivity index (χ3v) is 4.09. The second kappa shape index (κ2) is 6.12. The number of nitrogens with one attached hydrogen (secondary N) is 1. The lowest BCUT2D eigenvalue weighted by Gasteiger charge is -2.10. The molecule has 0 bridgehead atoms. The van der Waals surface area contributed by atoms with Gasteiger partial charge in [0, 0.05) is 11.1 Å². The molecule has 1 aromatic heterocycles. The van der Waals surface area contributed by atoms with Crippen molar-refractivity contribution in [2.45, 2.75) is 44.9 Å². The molecule has 1 saturated heterocycles. The van der Waals surface area contributed by atoms with E-state index in [1.165, 1.54) is 4.88 Å². The number of carbonyl (C=O) groups is 2. The first kappa shape index (κ1) is 14.0.